The van der Waals surface area contributed by atoms with E-state index in [1.165, 1.54) is 15.3 Å². The van der Waals surface area contributed by atoms with Crippen molar-refractivity contribution in [3.63, 3.8) is 0 Å². The molecular weight excluding hydrogens is 278 g/mol. The zero-order valence-corrected chi connectivity index (χ0v) is 13.3. The van der Waals surface area contributed by atoms with Crippen molar-refractivity contribution in [3.8, 4) is 0 Å². The first kappa shape index (κ1) is 14.4. The lowest BCUT2D eigenvalue weighted by atomic mass is 10.2. The van der Waals surface area contributed by atoms with Gasteiger partial charge in [-0.15, -0.1) is 22.9 Å². The highest BCUT2D eigenvalue weighted by Gasteiger charge is 2.15. The Morgan fingerprint density at radius 3 is 2.47 bits per heavy atom. The van der Waals surface area contributed by atoms with Gasteiger partial charge in [0.1, 0.15) is 0 Å². The number of aryl methyl sites for hydroxylation is 3. The maximum Gasteiger partial charge on any atom is 0.179 e. The molecule has 0 spiro atoms. The molecule has 0 aliphatic heterocycles. The van der Waals surface area contributed by atoms with Crippen LogP contribution in [0.15, 0.2) is 12.1 Å². The van der Waals surface area contributed by atoms with E-state index in [9.17, 15) is 4.79 Å². The molecule has 2 nitrogen and oxygen atoms in total. The Morgan fingerprint density at radius 2 is 1.95 bits per heavy atom. The Hall–Kier alpha value is -1.06. The van der Waals surface area contributed by atoms with Gasteiger partial charge in [0.2, 0.25) is 0 Å². The zero-order chi connectivity index (χ0) is 14.2. The van der Waals surface area contributed by atoms with Gasteiger partial charge in [0.25, 0.3) is 0 Å². The Kier molecular flexibility index (Phi) is 4.16. The van der Waals surface area contributed by atoms with Crippen molar-refractivity contribution >= 4 is 28.7 Å². The van der Waals surface area contributed by atoms with Crippen LogP contribution in [0.3, 0.4) is 0 Å². The highest BCUT2D eigenvalue weighted by atomic mass is 35.5. The van der Waals surface area contributed by atoms with Crippen molar-refractivity contribution in [3.05, 3.63) is 44.4 Å². The number of halogens is 1. The molecule has 0 amide bonds. The standard InChI is InChI=1S/C15H18ClNOS/c1-9-5-13(19-12(9)4)8-17-10(2)6-14(11(17)3)15(18)7-16/h5-6H,7-8H2,1-4H3. The largest absolute Gasteiger partial charge is 0.343 e. The fourth-order valence-electron chi connectivity index (χ4n) is 2.28. The number of nitrogens with zero attached hydrogens (tertiary/aromatic N) is 1. The maximum atomic E-state index is 11.8. The number of alkyl halides is 1. The van der Waals surface area contributed by atoms with Crippen LogP contribution >= 0.6 is 22.9 Å². The molecule has 0 fully saturated rings. The van der Waals surface area contributed by atoms with Crippen LogP contribution in [-0.2, 0) is 6.54 Å². The number of hydrogen-bond acceptors (Lipinski definition) is 2. The summed E-state index contributed by atoms with van der Waals surface area (Å²) in [6.07, 6.45) is 0. The Morgan fingerprint density at radius 1 is 1.26 bits per heavy atom. The summed E-state index contributed by atoms with van der Waals surface area (Å²) >= 11 is 7.47. The van der Waals surface area contributed by atoms with Crippen molar-refractivity contribution in [1.29, 1.82) is 0 Å². The molecule has 2 aromatic heterocycles. The normalized spacial score (nSPS) is 11.0. The molecule has 19 heavy (non-hydrogen) atoms. The van der Waals surface area contributed by atoms with Gasteiger partial charge in [0, 0.05) is 26.7 Å². The summed E-state index contributed by atoms with van der Waals surface area (Å²) in [6.45, 7) is 9.12. The third kappa shape index (κ3) is 2.77. The molecule has 102 valence electrons. The molecule has 0 bridgehead atoms. The van der Waals surface area contributed by atoms with E-state index in [1.54, 1.807) is 0 Å². The number of carbonyl (C=O) groups excluding carboxylic acids is 1. The van der Waals surface area contributed by atoms with Gasteiger partial charge in [-0.25, -0.2) is 0 Å². The number of hydrogen-bond donors (Lipinski definition) is 0. The van der Waals surface area contributed by atoms with Crippen LogP contribution in [-0.4, -0.2) is 16.2 Å². The van der Waals surface area contributed by atoms with Gasteiger partial charge in [0.05, 0.1) is 12.4 Å². The van der Waals surface area contributed by atoms with Crippen LogP contribution in [0.1, 0.15) is 37.1 Å². The number of rotatable bonds is 4. The average molecular weight is 296 g/mol. The van der Waals surface area contributed by atoms with E-state index in [1.807, 2.05) is 31.3 Å². The van der Waals surface area contributed by atoms with Gasteiger partial charge < -0.3 is 4.57 Å². The molecule has 0 saturated heterocycles. The predicted octanol–water partition coefficient (Wildman–Crippen LogP) is 4.25. The average Bonchev–Trinajstić information content (AvgIpc) is 2.83. The second-order valence-corrected chi connectivity index (χ2v) is 6.49. The SMILES string of the molecule is Cc1cc(Cn2c(C)cc(C(=O)CCl)c2C)sc1C. The molecule has 0 aromatic carbocycles. The van der Waals surface area contributed by atoms with Crippen molar-refractivity contribution in [2.24, 2.45) is 0 Å². The molecule has 2 aromatic rings. The summed E-state index contributed by atoms with van der Waals surface area (Å²) in [4.78, 5) is 14.4. The second kappa shape index (κ2) is 5.51. The van der Waals surface area contributed by atoms with E-state index < -0.39 is 0 Å². The third-order valence-electron chi connectivity index (χ3n) is 3.53. The van der Waals surface area contributed by atoms with Gasteiger partial charge in [-0.3, -0.25) is 4.79 Å². The lowest BCUT2D eigenvalue weighted by Gasteiger charge is -2.08. The minimum absolute atomic E-state index is 0.000410. The van der Waals surface area contributed by atoms with Gasteiger partial charge in [0.15, 0.2) is 5.78 Å². The number of aromatic nitrogens is 1. The van der Waals surface area contributed by atoms with Crippen molar-refractivity contribution in [1.82, 2.24) is 4.57 Å². The van der Waals surface area contributed by atoms with E-state index in [-0.39, 0.29) is 11.7 Å². The topological polar surface area (TPSA) is 22.0 Å². The van der Waals surface area contributed by atoms with Crippen LogP contribution in [0.5, 0.6) is 0 Å². The number of ketones is 1. The predicted molar refractivity (Wildman–Crippen MR) is 81.9 cm³/mol. The summed E-state index contributed by atoms with van der Waals surface area (Å²) in [7, 11) is 0. The van der Waals surface area contributed by atoms with E-state index in [4.69, 9.17) is 11.6 Å². The zero-order valence-electron chi connectivity index (χ0n) is 11.7. The summed E-state index contributed by atoms with van der Waals surface area (Å²) < 4.78 is 2.19. The third-order valence-corrected chi connectivity index (χ3v) is 4.91. The fourth-order valence-corrected chi connectivity index (χ4v) is 3.47. The molecule has 0 atom stereocenters. The Balaban J connectivity index is 2.35. The molecule has 0 N–H and O–H groups in total. The Labute approximate surface area is 123 Å². The minimum atomic E-state index is -0.000410. The molecule has 2 heterocycles. The van der Waals surface area contributed by atoms with Crippen LogP contribution < -0.4 is 0 Å². The van der Waals surface area contributed by atoms with Crippen LogP contribution in [0.2, 0.25) is 0 Å². The van der Waals surface area contributed by atoms with E-state index >= 15 is 0 Å². The molecule has 4 heteroatoms. The number of carbonyl (C=O) groups is 1. The molecule has 0 saturated carbocycles. The number of thiophene rings is 1. The quantitative estimate of drug-likeness (QED) is 0.610. The van der Waals surface area contributed by atoms with Gasteiger partial charge in [-0.2, -0.15) is 0 Å². The van der Waals surface area contributed by atoms with Crippen molar-refractivity contribution in [2.75, 3.05) is 5.88 Å². The Bertz CT molecular complexity index is 605. The molecule has 0 radical (unpaired) electrons. The second-order valence-electron chi connectivity index (χ2n) is 4.88. The lowest BCUT2D eigenvalue weighted by Crippen LogP contribution is -2.06. The molecule has 0 aliphatic carbocycles. The molecule has 0 aliphatic rings. The first-order valence-corrected chi connectivity index (χ1v) is 7.61. The fraction of sp³-hybridized carbons (Fsp3) is 0.400. The van der Waals surface area contributed by atoms with E-state index in [0.29, 0.717) is 0 Å². The first-order chi connectivity index (χ1) is 8.93. The van der Waals surface area contributed by atoms with E-state index in [2.05, 4.69) is 24.5 Å². The number of Topliss-reactive ketones (excluding diaryl/α,β-unsaturated/α-hetero) is 1. The van der Waals surface area contributed by atoms with Crippen LogP contribution in [0.25, 0.3) is 0 Å². The summed E-state index contributed by atoms with van der Waals surface area (Å²) in [5, 5.41) is 0. The first-order valence-electron chi connectivity index (χ1n) is 6.25. The monoisotopic (exact) mass is 295 g/mol. The van der Waals surface area contributed by atoms with E-state index in [0.717, 1.165) is 23.5 Å². The van der Waals surface area contributed by atoms with Gasteiger partial charge in [-0.1, -0.05) is 0 Å². The van der Waals surface area contributed by atoms with Gasteiger partial charge >= 0.3 is 0 Å². The summed E-state index contributed by atoms with van der Waals surface area (Å²) in [5.41, 5.74) is 4.19. The van der Waals surface area contributed by atoms with Crippen LogP contribution in [0, 0.1) is 27.7 Å². The van der Waals surface area contributed by atoms with Crippen LogP contribution in [0.4, 0.5) is 0 Å². The molecule has 0 unspecified atom stereocenters. The summed E-state index contributed by atoms with van der Waals surface area (Å²) in [5.74, 6) is 0.0428. The molecular formula is C15H18ClNOS. The summed E-state index contributed by atoms with van der Waals surface area (Å²) in [6, 6.07) is 4.16. The molecule has 2 rings (SSSR count). The van der Waals surface area contributed by atoms with Gasteiger partial charge in [-0.05, 0) is 45.4 Å². The highest BCUT2D eigenvalue weighted by Crippen LogP contribution is 2.24. The minimum Gasteiger partial charge on any atom is -0.343 e. The van der Waals surface area contributed by atoms with Crippen molar-refractivity contribution < 1.29 is 4.79 Å². The van der Waals surface area contributed by atoms with Crippen molar-refractivity contribution in [2.45, 2.75) is 34.2 Å². The highest BCUT2D eigenvalue weighted by molar-refractivity contribution is 7.12. The maximum absolute atomic E-state index is 11.8. The lowest BCUT2D eigenvalue weighted by molar-refractivity contribution is 0.102. The smallest absolute Gasteiger partial charge is 0.179 e.